The lowest BCUT2D eigenvalue weighted by atomic mass is 9.94. The molecular weight excluding hydrogens is 320 g/mol. The average Bonchev–Trinajstić information content (AvgIpc) is 3.07. The van der Waals surface area contributed by atoms with Gasteiger partial charge in [0.25, 0.3) is 0 Å². The lowest BCUT2D eigenvalue weighted by molar-refractivity contribution is -0.0274. The molecule has 2 aliphatic heterocycles. The van der Waals surface area contributed by atoms with Gasteiger partial charge < -0.3 is 4.74 Å². The summed E-state index contributed by atoms with van der Waals surface area (Å²) in [5.41, 5.74) is 0.413. The van der Waals surface area contributed by atoms with Gasteiger partial charge in [0, 0.05) is 18.1 Å². The molecule has 0 N–H and O–H groups in total. The first-order chi connectivity index (χ1) is 11.6. The topological polar surface area (TPSA) is 42.4 Å². The Morgan fingerprint density at radius 1 is 1.33 bits per heavy atom. The highest BCUT2D eigenvalue weighted by Crippen LogP contribution is 2.34. The second kappa shape index (κ2) is 7.98. The minimum absolute atomic E-state index is 0.0895. The lowest BCUT2D eigenvalue weighted by Crippen LogP contribution is -2.49. The Labute approximate surface area is 149 Å². The second-order valence-corrected chi connectivity index (χ2v) is 8.69. The Kier molecular flexibility index (Phi) is 5.95. The summed E-state index contributed by atoms with van der Waals surface area (Å²) in [5.74, 6) is 1.23. The minimum Gasteiger partial charge on any atom is -0.376 e. The number of thioether (sulfide) groups is 1. The fourth-order valence-electron chi connectivity index (χ4n) is 3.70. The van der Waals surface area contributed by atoms with Crippen molar-refractivity contribution in [2.24, 2.45) is 0 Å². The third-order valence-electron chi connectivity index (χ3n) is 4.88. The molecule has 2 atom stereocenters. The van der Waals surface area contributed by atoms with Crippen molar-refractivity contribution >= 4 is 17.5 Å². The Morgan fingerprint density at radius 3 is 2.83 bits per heavy atom. The van der Waals surface area contributed by atoms with Gasteiger partial charge in [0.15, 0.2) is 5.78 Å². The quantitative estimate of drug-likeness (QED) is 0.780. The van der Waals surface area contributed by atoms with Crippen LogP contribution in [0.2, 0.25) is 0 Å². The molecule has 0 spiro atoms. The molecule has 0 aromatic carbocycles. The van der Waals surface area contributed by atoms with Gasteiger partial charge in [0.1, 0.15) is 5.69 Å². The van der Waals surface area contributed by atoms with Gasteiger partial charge in [-0.1, -0.05) is 6.07 Å². The molecule has 2 unspecified atom stereocenters. The Balaban J connectivity index is 1.86. The highest BCUT2D eigenvalue weighted by Gasteiger charge is 2.39. The molecule has 1 aromatic rings. The van der Waals surface area contributed by atoms with E-state index in [1.54, 1.807) is 6.20 Å². The van der Waals surface area contributed by atoms with Crippen LogP contribution >= 0.6 is 11.8 Å². The van der Waals surface area contributed by atoms with E-state index in [2.05, 4.69) is 23.7 Å². The zero-order valence-corrected chi connectivity index (χ0v) is 15.6. The third kappa shape index (κ3) is 4.38. The third-order valence-corrected chi connectivity index (χ3v) is 6.26. The highest BCUT2D eigenvalue weighted by atomic mass is 32.2. The first-order valence-electron chi connectivity index (χ1n) is 9.02. The molecule has 0 amide bonds. The zero-order valence-electron chi connectivity index (χ0n) is 14.7. The van der Waals surface area contributed by atoms with Crippen LogP contribution in [-0.4, -0.2) is 58.0 Å². The first-order valence-corrected chi connectivity index (χ1v) is 10.1. The zero-order chi connectivity index (χ0) is 17.0. The predicted molar refractivity (Wildman–Crippen MR) is 98.7 cm³/mol. The fraction of sp³-hybridized carbons (Fsp3) is 0.684. The Bertz CT molecular complexity index is 544. The molecule has 4 nitrogen and oxygen atoms in total. The normalized spacial score (nSPS) is 26.5. The van der Waals surface area contributed by atoms with E-state index in [1.165, 1.54) is 12.8 Å². The Hall–Kier alpha value is -0.910. The molecule has 2 saturated heterocycles. The molecule has 0 aliphatic carbocycles. The molecule has 1 aromatic heterocycles. The number of carbonyl (C=O) groups excluding carboxylic acids is 1. The van der Waals surface area contributed by atoms with E-state index >= 15 is 0 Å². The van der Waals surface area contributed by atoms with E-state index in [4.69, 9.17) is 4.74 Å². The van der Waals surface area contributed by atoms with E-state index in [9.17, 15) is 4.79 Å². The minimum atomic E-state index is -0.180. The monoisotopic (exact) mass is 348 g/mol. The maximum atomic E-state index is 13.3. The number of ketones is 1. The number of ether oxygens (including phenoxy) is 1. The highest BCUT2D eigenvalue weighted by molar-refractivity contribution is 8.00. The Morgan fingerprint density at radius 2 is 2.12 bits per heavy atom. The summed E-state index contributed by atoms with van der Waals surface area (Å²) in [6, 6.07) is 5.53. The SMILES string of the molecule is CC1(C)CC(C(C(=O)c2ccccn2)N2CCCC2)SCCCO1. The number of pyridine rings is 1. The molecule has 132 valence electrons. The van der Waals surface area contributed by atoms with Gasteiger partial charge in [-0.3, -0.25) is 14.7 Å². The van der Waals surface area contributed by atoms with Crippen molar-refractivity contribution < 1.29 is 9.53 Å². The van der Waals surface area contributed by atoms with Gasteiger partial charge in [0.05, 0.1) is 11.6 Å². The van der Waals surface area contributed by atoms with E-state index in [-0.39, 0.29) is 22.7 Å². The molecule has 0 radical (unpaired) electrons. The molecule has 2 fully saturated rings. The molecule has 0 bridgehead atoms. The molecule has 2 aliphatic rings. The number of hydrogen-bond donors (Lipinski definition) is 0. The number of nitrogens with zero attached hydrogens (tertiary/aromatic N) is 2. The first kappa shape index (κ1) is 17.9. The van der Waals surface area contributed by atoms with Gasteiger partial charge in [-0.05, 0) is 70.5 Å². The van der Waals surface area contributed by atoms with Gasteiger partial charge >= 0.3 is 0 Å². The molecule has 0 saturated carbocycles. The fourth-order valence-corrected chi connectivity index (χ4v) is 5.28. The van der Waals surface area contributed by atoms with Crippen molar-refractivity contribution in [1.82, 2.24) is 9.88 Å². The maximum absolute atomic E-state index is 13.3. The van der Waals surface area contributed by atoms with E-state index < -0.39 is 0 Å². The summed E-state index contributed by atoms with van der Waals surface area (Å²) in [6.07, 6.45) is 6.03. The number of Topliss-reactive ketones (excluding diaryl/α,β-unsaturated/α-hetero) is 1. The average molecular weight is 349 g/mol. The van der Waals surface area contributed by atoms with Gasteiger partial charge in [-0.15, -0.1) is 0 Å². The van der Waals surface area contributed by atoms with Crippen LogP contribution in [0.15, 0.2) is 24.4 Å². The number of aromatic nitrogens is 1. The van der Waals surface area contributed by atoms with E-state index in [1.807, 2.05) is 30.0 Å². The number of carbonyl (C=O) groups is 1. The van der Waals surface area contributed by atoms with Crippen LogP contribution in [0.3, 0.4) is 0 Å². The van der Waals surface area contributed by atoms with Gasteiger partial charge in [-0.2, -0.15) is 11.8 Å². The van der Waals surface area contributed by atoms with Crippen molar-refractivity contribution in [1.29, 1.82) is 0 Å². The summed E-state index contributed by atoms with van der Waals surface area (Å²) >= 11 is 1.95. The summed E-state index contributed by atoms with van der Waals surface area (Å²) in [4.78, 5) is 20.0. The summed E-state index contributed by atoms with van der Waals surface area (Å²) < 4.78 is 6.04. The van der Waals surface area contributed by atoms with Crippen molar-refractivity contribution in [3.63, 3.8) is 0 Å². The maximum Gasteiger partial charge on any atom is 0.199 e. The van der Waals surface area contributed by atoms with E-state index in [0.717, 1.165) is 38.3 Å². The lowest BCUT2D eigenvalue weighted by Gasteiger charge is -2.38. The van der Waals surface area contributed by atoms with Crippen molar-refractivity contribution in [2.45, 2.75) is 56.4 Å². The molecule has 3 heterocycles. The van der Waals surface area contributed by atoms with Gasteiger partial charge in [0.2, 0.25) is 0 Å². The van der Waals surface area contributed by atoms with Crippen LogP contribution < -0.4 is 0 Å². The predicted octanol–water partition coefficient (Wildman–Crippen LogP) is 3.42. The molecular formula is C19H28N2O2S. The molecule has 3 rings (SSSR count). The van der Waals surface area contributed by atoms with Crippen molar-refractivity contribution in [2.75, 3.05) is 25.4 Å². The van der Waals surface area contributed by atoms with Crippen LogP contribution in [0.1, 0.15) is 50.0 Å². The van der Waals surface area contributed by atoms with Crippen LogP contribution in [-0.2, 0) is 4.74 Å². The number of hydrogen-bond acceptors (Lipinski definition) is 5. The molecule has 5 heteroatoms. The summed E-state index contributed by atoms with van der Waals surface area (Å²) in [7, 11) is 0. The number of likely N-dealkylation sites (tertiary alicyclic amines) is 1. The summed E-state index contributed by atoms with van der Waals surface area (Å²) in [6.45, 7) is 7.15. The number of rotatable bonds is 4. The van der Waals surface area contributed by atoms with Crippen LogP contribution in [0, 0.1) is 0 Å². The summed E-state index contributed by atoms with van der Waals surface area (Å²) in [5, 5.41) is 0.257. The standard InChI is InChI=1S/C19H28N2O2S/c1-19(2)14-16(24-13-7-12-23-19)17(21-10-5-6-11-21)18(22)15-8-3-4-9-20-15/h3-4,8-9,16-17H,5-7,10-14H2,1-2H3. The van der Waals surface area contributed by atoms with Crippen LogP contribution in [0.4, 0.5) is 0 Å². The second-order valence-electron chi connectivity index (χ2n) is 7.34. The van der Waals surface area contributed by atoms with Crippen molar-refractivity contribution in [3.05, 3.63) is 30.1 Å². The van der Waals surface area contributed by atoms with Crippen LogP contribution in [0.25, 0.3) is 0 Å². The van der Waals surface area contributed by atoms with Crippen LogP contribution in [0.5, 0.6) is 0 Å². The smallest absolute Gasteiger partial charge is 0.199 e. The van der Waals surface area contributed by atoms with Crippen molar-refractivity contribution in [3.8, 4) is 0 Å². The van der Waals surface area contributed by atoms with Gasteiger partial charge in [-0.25, -0.2) is 0 Å². The molecule has 24 heavy (non-hydrogen) atoms. The largest absolute Gasteiger partial charge is 0.376 e. The van der Waals surface area contributed by atoms with E-state index in [0.29, 0.717) is 5.69 Å².